The van der Waals surface area contributed by atoms with Crippen molar-refractivity contribution in [1.29, 1.82) is 0 Å². The van der Waals surface area contributed by atoms with Gasteiger partial charge in [-0.1, -0.05) is 78.1 Å². The zero-order valence-electron chi connectivity index (χ0n) is 14.6. The van der Waals surface area contributed by atoms with Crippen LogP contribution in [0.25, 0.3) is 0 Å². The Bertz CT molecular complexity index is 267. The third-order valence-electron chi connectivity index (χ3n) is 4.53. The topological polar surface area (TPSA) is 46.5 Å². The fourth-order valence-electron chi connectivity index (χ4n) is 2.61. The lowest BCUT2D eigenvalue weighted by atomic mass is 10.1. The number of carboxylic acid groups (broad SMARTS) is 1. The van der Waals surface area contributed by atoms with Crippen LogP contribution in [0.3, 0.4) is 0 Å². The van der Waals surface area contributed by atoms with E-state index in [1.165, 1.54) is 64.2 Å². The van der Waals surface area contributed by atoms with Crippen molar-refractivity contribution < 1.29 is 14.3 Å². The maximum Gasteiger partial charge on any atom is 0.491 e. The molecule has 4 heteroatoms. The van der Waals surface area contributed by atoms with Gasteiger partial charge >= 0.3 is 6.16 Å². The molecular weight excluding hydrogens is 280 g/mol. The Morgan fingerprint density at radius 2 is 1.38 bits per heavy atom. The SMILES string of the molecule is CCCCCCCCCCCCC(C)[Si](C)(C)OC(=O)O. The van der Waals surface area contributed by atoms with E-state index in [2.05, 4.69) is 13.8 Å². The molecule has 0 aliphatic rings. The highest BCUT2D eigenvalue weighted by Crippen LogP contribution is 2.28. The van der Waals surface area contributed by atoms with Crippen LogP contribution in [0.15, 0.2) is 0 Å². The van der Waals surface area contributed by atoms with Gasteiger partial charge in [-0.2, -0.15) is 0 Å². The molecule has 0 heterocycles. The van der Waals surface area contributed by atoms with Crippen molar-refractivity contribution in [1.82, 2.24) is 0 Å². The van der Waals surface area contributed by atoms with E-state index < -0.39 is 14.5 Å². The molecule has 3 nitrogen and oxygen atoms in total. The van der Waals surface area contributed by atoms with Crippen LogP contribution in [0.1, 0.15) is 84.5 Å². The van der Waals surface area contributed by atoms with Crippen molar-refractivity contribution in [3.63, 3.8) is 0 Å². The number of hydrogen-bond donors (Lipinski definition) is 1. The highest BCUT2D eigenvalue weighted by Gasteiger charge is 2.33. The minimum absolute atomic E-state index is 0.405. The van der Waals surface area contributed by atoms with Gasteiger partial charge in [0.25, 0.3) is 8.32 Å². The molecule has 1 atom stereocenters. The van der Waals surface area contributed by atoms with Crippen molar-refractivity contribution in [3.8, 4) is 0 Å². The van der Waals surface area contributed by atoms with E-state index >= 15 is 0 Å². The average Bonchev–Trinajstić information content (AvgIpc) is 2.39. The third-order valence-corrected chi connectivity index (χ3v) is 7.89. The largest absolute Gasteiger partial charge is 0.491 e. The second-order valence-corrected chi connectivity index (χ2v) is 11.2. The molecule has 0 aromatic rings. The molecule has 0 amide bonds. The van der Waals surface area contributed by atoms with Gasteiger partial charge in [-0.3, -0.25) is 0 Å². The molecular formula is C17H36O3Si. The monoisotopic (exact) mass is 316 g/mol. The van der Waals surface area contributed by atoms with E-state index in [-0.39, 0.29) is 0 Å². The molecule has 21 heavy (non-hydrogen) atoms. The molecule has 0 aromatic heterocycles. The maximum absolute atomic E-state index is 10.7. The molecule has 0 radical (unpaired) electrons. The summed E-state index contributed by atoms with van der Waals surface area (Å²) in [5.41, 5.74) is 0.405. The van der Waals surface area contributed by atoms with Gasteiger partial charge in [0.05, 0.1) is 0 Å². The summed E-state index contributed by atoms with van der Waals surface area (Å²) in [7, 11) is -2.06. The molecule has 0 fully saturated rings. The second-order valence-electron chi connectivity index (χ2n) is 6.84. The molecule has 0 aliphatic carbocycles. The fraction of sp³-hybridized carbons (Fsp3) is 0.941. The number of rotatable bonds is 13. The lowest BCUT2D eigenvalue weighted by Crippen LogP contribution is -2.37. The number of unbranched alkanes of at least 4 members (excludes halogenated alkanes) is 9. The second kappa shape index (κ2) is 12.1. The molecule has 1 N–H and O–H groups in total. The van der Waals surface area contributed by atoms with Crippen LogP contribution < -0.4 is 0 Å². The molecule has 0 saturated carbocycles. The van der Waals surface area contributed by atoms with Crippen LogP contribution in [0, 0.1) is 0 Å². The minimum Gasteiger partial charge on any atom is -0.489 e. The summed E-state index contributed by atoms with van der Waals surface area (Å²) in [6, 6.07) is 0. The van der Waals surface area contributed by atoms with E-state index in [4.69, 9.17) is 9.53 Å². The molecule has 0 saturated heterocycles. The Morgan fingerprint density at radius 1 is 0.952 bits per heavy atom. The van der Waals surface area contributed by atoms with Crippen molar-refractivity contribution in [2.24, 2.45) is 0 Å². The summed E-state index contributed by atoms with van der Waals surface area (Å²) in [6.07, 6.45) is 13.4. The van der Waals surface area contributed by atoms with E-state index in [0.717, 1.165) is 6.42 Å². The third kappa shape index (κ3) is 11.8. The Morgan fingerprint density at radius 3 is 1.81 bits per heavy atom. The van der Waals surface area contributed by atoms with Crippen LogP contribution in [-0.2, 0) is 4.43 Å². The van der Waals surface area contributed by atoms with E-state index in [0.29, 0.717) is 5.54 Å². The summed E-state index contributed by atoms with van der Waals surface area (Å²) >= 11 is 0. The molecule has 0 rings (SSSR count). The molecule has 0 spiro atoms. The first-order valence-corrected chi connectivity index (χ1v) is 11.8. The molecule has 0 aromatic carbocycles. The van der Waals surface area contributed by atoms with Gasteiger partial charge in [-0.15, -0.1) is 0 Å². The standard InChI is InChI=1S/C17H36O3Si/c1-5-6-7-8-9-10-11-12-13-14-15-16(2)21(3,4)20-17(18)19/h16H,5-15H2,1-4H3,(H,18,19). The predicted molar refractivity (Wildman–Crippen MR) is 92.5 cm³/mol. The Kier molecular flexibility index (Phi) is 11.8. The molecule has 126 valence electrons. The first-order valence-electron chi connectivity index (χ1n) is 8.82. The Hall–Kier alpha value is -0.513. The zero-order valence-corrected chi connectivity index (χ0v) is 15.6. The summed E-state index contributed by atoms with van der Waals surface area (Å²) in [5.74, 6) is 0. The summed E-state index contributed by atoms with van der Waals surface area (Å²) < 4.78 is 5.10. The van der Waals surface area contributed by atoms with Crippen molar-refractivity contribution in [2.75, 3.05) is 0 Å². The van der Waals surface area contributed by atoms with Gasteiger partial charge in [-0.05, 0) is 25.1 Å². The smallest absolute Gasteiger partial charge is 0.489 e. The zero-order chi connectivity index (χ0) is 16.1. The fourth-order valence-corrected chi connectivity index (χ4v) is 4.16. The summed E-state index contributed by atoms with van der Waals surface area (Å²) in [4.78, 5) is 10.7. The highest BCUT2D eigenvalue weighted by atomic mass is 28.4. The summed E-state index contributed by atoms with van der Waals surface area (Å²) in [6.45, 7) is 8.40. The van der Waals surface area contributed by atoms with Crippen LogP contribution in [-0.4, -0.2) is 19.6 Å². The Balaban J connectivity index is 3.47. The molecule has 1 unspecified atom stereocenters. The molecule has 0 aliphatic heterocycles. The Labute approximate surface area is 132 Å². The van der Waals surface area contributed by atoms with E-state index in [9.17, 15) is 4.79 Å². The molecule has 0 bridgehead atoms. The van der Waals surface area contributed by atoms with Gasteiger partial charge in [0.2, 0.25) is 0 Å². The highest BCUT2D eigenvalue weighted by molar-refractivity contribution is 6.73. The lowest BCUT2D eigenvalue weighted by Gasteiger charge is -2.27. The van der Waals surface area contributed by atoms with Gasteiger partial charge in [0.15, 0.2) is 0 Å². The normalized spacial score (nSPS) is 13.1. The van der Waals surface area contributed by atoms with Gasteiger partial charge < -0.3 is 9.53 Å². The van der Waals surface area contributed by atoms with Crippen LogP contribution >= 0.6 is 0 Å². The van der Waals surface area contributed by atoms with Crippen molar-refractivity contribution in [2.45, 2.75) is 103 Å². The average molecular weight is 317 g/mol. The maximum atomic E-state index is 10.7. The van der Waals surface area contributed by atoms with Crippen molar-refractivity contribution in [3.05, 3.63) is 0 Å². The number of hydrogen-bond acceptors (Lipinski definition) is 2. The van der Waals surface area contributed by atoms with Crippen LogP contribution in [0.4, 0.5) is 4.79 Å². The van der Waals surface area contributed by atoms with Crippen LogP contribution in [0.2, 0.25) is 18.6 Å². The summed E-state index contributed by atoms with van der Waals surface area (Å²) in [5, 5.41) is 8.76. The van der Waals surface area contributed by atoms with E-state index in [1.807, 2.05) is 13.1 Å². The minimum atomic E-state index is -2.06. The van der Waals surface area contributed by atoms with Crippen LogP contribution in [0.5, 0.6) is 0 Å². The first kappa shape index (κ1) is 20.5. The van der Waals surface area contributed by atoms with Gasteiger partial charge in [-0.25, -0.2) is 4.79 Å². The first-order chi connectivity index (χ1) is 9.90. The van der Waals surface area contributed by atoms with Gasteiger partial charge in [0, 0.05) is 0 Å². The lowest BCUT2D eigenvalue weighted by molar-refractivity contribution is 0.140. The number of carbonyl (C=O) groups is 1. The van der Waals surface area contributed by atoms with Crippen molar-refractivity contribution >= 4 is 14.5 Å². The predicted octanol–water partition coefficient (Wildman–Crippen LogP) is 6.59. The quantitative estimate of drug-likeness (QED) is 0.308. The van der Waals surface area contributed by atoms with Gasteiger partial charge in [0.1, 0.15) is 0 Å². The van der Waals surface area contributed by atoms with E-state index in [1.54, 1.807) is 0 Å².